The van der Waals surface area contributed by atoms with Gasteiger partial charge in [0.05, 0.1) is 16.6 Å². The molecule has 1 atom stereocenters. The zero-order valence-corrected chi connectivity index (χ0v) is 18.2. The predicted octanol–water partition coefficient (Wildman–Crippen LogP) is 4.43. The van der Waals surface area contributed by atoms with Crippen molar-refractivity contribution in [3.63, 3.8) is 0 Å². The zero-order chi connectivity index (χ0) is 21.8. The zero-order valence-electron chi connectivity index (χ0n) is 17.4. The van der Waals surface area contributed by atoms with E-state index in [4.69, 9.17) is 11.6 Å². The molecule has 1 heterocycles. The first-order valence-corrected chi connectivity index (χ1v) is 11.2. The Morgan fingerprint density at radius 3 is 2.26 bits per heavy atom. The van der Waals surface area contributed by atoms with Gasteiger partial charge in [-0.15, -0.1) is 0 Å². The van der Waals surface area contributed by atoms with E-state index in [1.165, 1.54) is 12.1 Å². The second-order valence-electron chi connectivity index (χ2n) is 8.29. The molecule has 0 radical (unpaired) electrons. The number of halogens is 2. The Morgan fingerprint density at radius 1 is 0.968 bits per heavy atom. The summed E-state index contributed by atoms with van der Waals surface area (Å²) in [7, 11) is 0. The van der Waals surface area contributed by atoms with Crippen molar-refractivity contribution in [3.8, 4) is 0 Å². The summed E-state index contributed by atoms with van der Waals surface area (Å²) in [5.74, 6) is -0.154. The summed E-state index contributed by atoms with van der Waals surface area (Å²) in [5.41, 5.74) is 1.11. The maximum atomic E-state index is 13.2. The van der Waals surface area contributed by atoms with Crippen LogP contribution in [-0.2, 0) is 4.79 Å². The summed E-state index contributed by atoms with van der Waals surface area (Å²) in [4.78, 5) is 30.1. The lowest BCUT2D eigenvalue weighted by Gasteiger charge is -2.40. The van der Waals surface area contributed by atoms with Crippen molar-refractivity contribution >= 4 is 29.1 Å². The molecule has 0 bridgehead atoms. The SMILES string of the molecule is O=C(Nc1ccc(F)cc1)[C@H](C1CCCC1)N1CCN(C(=O)c2ccccc2Cl)CC1. The molecule has 164 valence electrons. The topological polar surface area (TPSA) is 52.7 Å². The van der Waals surface area contributed by atoms with Crippen molar-refractivity contribution in [2.24, 2.45) is 5.92 Å². The number of hydrogen-bond donors (Lipinski definition) is 1. The van der Waals surface area contributed by atoms with Crippen LogP contribution in [0.1, 0.15) is 36.0 Å². The highest BCUT2D eigenvalue weighted by molar-refractivity contribution is 6.33. The number of piperazine rings is 1. The van der Waals surface area contributed by atoms with E-state index in [1.807, 2.05) is 12.1 Å². The number of carbonyl (C=O) groups excluding carboxylic acids is 2. The number of rotatable bonds is 5. The average Bonchev–Trinajstić information content (AvgIpc) is 3.30. The van der Waals surface area contributed by atoms with Gasteiger partial charge in [-0.25, -0.2) is 4.39 Å². The van der Waals surface area contributed by atoms with E-state index in [9.17, 15) is 14.0 Å². The van der Waals surface area contributed by atoms with Gasteiger partial charge in [0.15, 0.2) is 0 Å². The van der Waals surface area contributed by atoms with Gasteiger partial charge in [0.25, 0.3) is 5.91 Å². The van der Waals surface area contributed by atoms with E-state index < -0.39 is 0 Å². The molecule has 2 aromatic carbocycles. The minimum Gasteiger partial charge on any atom is -0.336 e. The van der Waals surface area contributed by atoms with Crippen molar-refractivity contribution in [2.75, 3.05) is 31.5 Å². The predicted molar refractivity (Wildman–Crippen MR) is 120 cm³/mol. The summed E-state index contributed by atoms with van der Waals surface area (Å²) < 4.78 is 13.2. The standard InChI is InChI=1S/C24H27ClFN3O2/c25-21-8-4-3-7-20(21)24(31)29-15-13-28(14-16-29)22(17-5-1-2-6-17)23(30)27-19-11-9-18(26)10-12-19/h3-4,7-12,17,22H,1-2,5-6,13-16H2,(H,27,30)/t22-/m0/s1. The molecule has 1 aliphatic carbocycles. The molecule has 1 saturated carbocycles. The fourth-order valence-corrected chi connectivity index (χ4v) is 4.93. The van der Waals surface area contributed by atoms with Crippen LogP contribution in [0.15, 0.2) is 48.5 Å². The lowest BCUT2D eigenvalue weighted by Crippen LogP contribution is -2.57. The van der Waals surface area contributed by atoms with Gasteiger partial charge in [0.1, 0.15) is 5.82 Å². The molecule has 1 aliphatic heterocycles. The van der Waals surface area contributed by atoms with Gasteiger partial charge in [-0.2, -0.15) is 0 Å². The highest BCUT2D eigenvalue weighted by Gasteiger charge is 2.37. The van der Waals surface area contributed by atoms with Crippen molar-refractivity contribution in [3.05, 3.63) is 64.9 Å². The van der Waals surface area contributed by atoms with E-state index in [1.54, 1.807) is 29.2 Å². The van der Waals surface area contributed by atoms with Crippen LogP contribution in [0.4, 0.5) is 10.1 Å². The van der Waals surface area contributed by atoms with Crippen molar-refractivity contribution in [1.82, 2.24) is 9.80 Å². The van der Waals surface area contributed by atoms with E-state index in [0.717, 1.165) is 25.7 Å². The minimum absolute atomic E-state index is 0.0515. The molecule has 5 nitrogen and oxygen atoms in total. The van der Waals surface area contributed by atoms with Crippen LogP contribution in [0.25, 0.3) is 0 Å². The van der Waals surface area contributed by atoms with Gasteiger partial charge in [-0.1, -0.05) is 36.6 Å². The fourth-order valence-electron chi connectivity index (χ4n) is 4.71. The number of hydrogen-bond acceptors (Lipinski definition) is 3. The maximum absolute atomic E-state index is 13.2. The molecule has 1 N–H and O–H groups in total. The Labute approximate surface area is 187 Å². The Morgan fingerprint density at radius 2 is 1.61 bits per heavy atom. The highest BCUT2D eigenvalue weighted by atomic mass is 35.5. The molecule has 2 fully saturated rings. The highest BCUT2D eigenvalue weighted by Crippen LogP contribution is 2.32. The third-order valence-electron chi connectivity index (χ3n) is 6.33. The molecule has 0 spiro atoms. The number of carbonyl (C=O) groups is 2. The van der Waals surface area contributed by atoms with Gasteiger partial charge >= 0.3 is 0 Å². The third kappa shape index (κ3) is 5.08. The first-order valence-electron chi connectivity index (χ1n) is 10.9. The first-order chi connectivity index (χ1) is 15.0. The largest absolute Gasteiger partial charge is 0.336 e. The normalized spacial score (nSPS) is 18.7. The molecule has 2 aromatic rings. The summed E-state index contributed by atoms with van der Waals surface area (Å²) in [6.45, 7) is 2.37. The van der Waals surface area contributed by atoms with Crippen LogP contribution in [-0.4, -0.2) is 53.8 Å². The molecule has 1 saturated heterocycles. The Bertz CT molecular complexity index is 923. The van der Waals surface area contributed by atoms with Gasteiger partial charge in [0, 0.05) is 31.9 Å². The Kier molecular flexibility index (Phi) is 6.88. The molecule has 0 unspecified atom stereocenters. The number of benzene rings is 2. The number of anilines is 1. The van der Waals surface area contributed by atoms with Crippen molar-refractivity contribution in [1.29, 1.82) is 0 Å². The molecular formula is C24H27ClFN3O2. The number of nitrogens with zero attached hydrogens (tertiary/aromatic N) is 2. The monoisotopic (exact) mass is 443 g/mol. The number of amides is 2. The van der Waals surface area contributed by atoms with Crippen LogP contribution < -0.4 is 5.32 Å². The fraction of sp³-hybridized carbons (Fsp3) is 0.417. The first kappa shape index (κ1) is 21.8. The van der Waals surface area contributed by atoms with Gasteiger partial charge in [-0.05, 0) is 55.2 Å². The second-order valence-corrected chi connectivity index (χ2v) is 8.70. The maximum Gasteiger partial charge on any atom is 0.255 e. The quantitative estimate of drug-likeness (QED) is 0.743. The van der Waals surface area contributed by atoms with Gasteiger partial charge in [0.2, 0.25) is 5.91 Å². The van der Waals surface area contributed by atoms with E-state index >= 15 is 0 Å². The van der Waals surface area contributed by atoms with Gasteiger partial charge < -0.3 is 10.2 Å². The van der Waals surface area contributed by atoms with Crippen LogP contribution in [0.5, 0.6) is 0 Å². The van der Waals surface area contributed by atoms with Crippen LogP contribution in [0.2, 0.25) is 5.02 Å². The molecule has 31 heavy (non-hydrogen) atoms. The summed E-state index contributed by atoms with van der Waals surface area (Å²) in [5, 5.41) is 3.42. The second kappa shape index (κ2) is 9.79. The minimum atomic E-state index is -0.329. The average molecular weight is 444 g/mol. The van der Waals surface area contributed by atoms with Gasteiger partial charge in [-0.3, -0.25) is 14.5 Å². The lowest BCUT2D eigenvalue weighted by molar-refractivity contribution is -0.123. The molecule has 4 rings (SSSR count). The third-order valence-corrected chi connectivity index (χ3v) is 6.66. The molecule has 7 heteroatoms. The molecule has 2 amide bonds. The van der Waals surface area contributed by atoms with Crippen LogP contribution >= 0.6 is 11.6 Å². The molecular weight excluding hydrogens is 417 g/mol. The lowest BCUT2D eigenvalue weighted by atomic mass is 9.94. The van der Waals surface area contributed by atoms with E-state index in [-0.39, 0.29) is 23.7 Å². The number of nitrogens with one attached hydrogen (secondary N) is 1. The van der Waals surface area contributed by atoms with Crippen molar-refractivity contribution in [2.45, 2.75) is 31.7 Å². The van der Waals surface area contributed by atoms with E-state index in [0.29, 0.717) is 48.4 Å². The summed E-state index contributed by atoms with van der Waals surface area (Å²) in [6.07, 6.45) is 4.33. The summed E-state index contributed by atoms with van der Waals surface area (Å²) in [6, 6.07) is 12.7. The van der Waals surface area contributed by atoms with Crippen LogP contribution in [0, 0.1) is 11.7 Å². The smallest absolute Gasteiger partial charge is 0.255 e. The Hall–Kier alpha value is -2.44. The summed E-state index contributed by atoms with van der Waals surface area (Å²) >= 11 is 6.20. The van der Waals surface area contributed by atoms with E-state index in [2.05, 4.69) is 10.2 Å². The van der Waals surface area contributed by atoms with Crippen LogP contribution in [0.3, 0.4) is 0 Å². The molecule has 0 aromatic heterocycles. The molecule has 2 aliphatic rings. The Balaban J connectivity index is 1.43. The van der Waals surface area contributed by atoms with Crippen molar-refractivity contribution < 1.29 is 14.0 Å².